The monoisotopic (exact) mass is 128 g/mol. The minimum atomic E-state index is -5.17. The molecule has 40 valence electrons. The molecule has 0 radical (unpaired) electrons. The molecule has 2 N–H and O–H groups in total. The molecule has 8 heteroatoms. The number of rotatable bonds is 0. The predicted octanol–water partition coefficient (Wildman–Crippen LogP) is -8.15. The first kappa shape index (κ1) is 23.0. The largest absolute Gasteiger partial charge is 1.00 e. The van der Waals surface area contributed by atoms with Crippen molar-refractivity contribution >= 4 is 10.4 Å². The number of hydrogen-bond acceptors (Lipinski definition) is 4. The third-order valence-corrected chi connectivity index (χ3v) is 0. The van der Waals surface area contributed by atoms with E-state index in [0.29, 0.717) is 0 Å². The Bertz CT molecular complexity index is 93.6. The molecule has 0 fully saturated rings. The van der Waals surface area contributed by atoms with E-state index in [2.05, 4.69) is 0 Å². The molecule has 0 aliphatic heterocycles. The molecule has 0 aromatic carbocycles. The maximum Gasteiger partial charge on any atom is 1.00 e. The van der Waals surface area contributed by atoms with Crippen LogP contribution in [0.1, 0.15) is 0 Å². The molecule has 0 aliphatic rings. The van der Waals surface area contributed by atoms with Crippen molar-refractivity contribution in [1.82, 2.24) is 0 Å². The van der Waals surface area contributed by atoms with E-state index in [-0.39, 0.29) is 43.2 Å². The summed E-state index contributed by atoms with van der Waals surface area (Å²) in [4.78, 5) is 0. The van der Waals surface area contributed by atoms with Crippen molar-refractivity contribution in [3.05, 3.63) is 0 Å². The summed E-state index contributed by atoms with van der Waals surface area (Å²) in [5, 5.41) is 0. The molecule has 8 heavy (non-hydrogen) atoms. The fraction of sp³-hybridized carbons (Fsp3) is 0. The third kappa shape index (κ3) is 243. The van der Waals surface area contributed by atoms with Crippen LogP contribution in [0.5, 0.6) is 0 Å². The van der Waals surface area contributed by atoms with E-state index in [1.807, 2.05) is 0 Å². The Kier molecular flexibility index (Phi) is 23.1. The molecule has 0 aromatic heterocycles. The van der Waals surface area contributed by atoms with Crippen molar-refractivity contribution in [3.8, 4) is 0 Å². The Morgan fingerprint density at radius 1 is 1.00 bits per heavy atom. The first-order chi connectivity index (χ1) is 2.00. The van der Waals surface area contributed by atoms with Crippen LogP contribution in [-0.2, 0) is 10.4 Å². The molecular formula is H2Li2O5S. The van der Waals surface area contributed by atoms with Crippen molar-refractivity contribution in [2.24, 2.45) is 0 Å². The minimum Gasteiger partial charge on any atom is -0.759 e. The summed E-state index contributed by atoms with van der Waals surface area (Å²) in [6, 6.07) is 0. The molecule has 0 bridgehead atoms. The summed E-state index contributed by atoms with van der Waals surface area (Å²) in [5.41, 5.74) is 0. The van der Waals surface area contributed by atoms with Crippen LogP contribution in [0, 0.1) is 0 Å². The third-order valence-electron chi connectivity index (χ3n) is 0. The Morgan fingerprint density at radius 3 is 1.00 bits per heavy atom. The van der Waals surface area contributed by atoms with Crippen LogP contribution >= 0.6 is 0 Å². The van der Waals surface area contributed by atoms with Crippen molar-refractivity contribution in [2.45, 2.75) is 0 Å². The zero-order valence-electron chi connectivity index (χ0n) is 4.54. The maximum absolute atomic E-state index is 8.52. The first-order valence-electron chi connectivity index (χ1n) is 0.667. The van der Waals surface area contributed by atoms with Crippen molar-refractivity contribution < 1.29 is 60.7 Å². The molecule has 0 amide bonds. The normalized spacial score (nSPS) is 7.25. The van der Waals surface area contributed by atoms with E-state index in [1.165, 1.54) is 0 Å². The average Bonchev–Trinajstić information content (AvgIpc) is 0.722. The first-order valence-corrected chi connectivity index (χ1v) is 2.00. The van der Waals surface area contributed by atoms with E-state index in [0.717, 1.165) is 0 Å². The van der Waals surface area contributed by atoms with Gasteiger partial charge in [0, 0.05) is 10.4 Å². The second-order valence-electron chi connectivity index (χ2n) is 0.408. The van der Waals surface area contributed by atoms with Crippen molar-refractivity contribution in [3.63, 3.8) is 0 Å². The van der Waals surface area contributed by atoms with Gasteiger partial charge in [0.1, 0.15) is 0 Å². The number of hydrogen-bond donors (Lipinski definition) is 0. The standard InChI is InChI=1S/2Li.H2O4S.H2O/c;;1-5(2,3)4;/h;;(H2,1,2,3,4);1H2/q2*+1;;/p-2. The van der Waals surface area contributed by atoms with Gasteiger partial charge in [-0.2, -0.15) is 0 Å². The summed E-state index contributed by atoms with van der Waals surface area (Å²) in [5.74, 6) is 0. The van der Waals surface area contributed by atoms with Crippen LogP contribution in [-0.4, -0.2) is 23.0 Å². The van der Waals surface area contributed by atoms with E-state index < -0.39 is 10.4 Å². The van der Waals surface area contributed by atoms with Crippen LogP contribution in [0.4, 0.5) is 0 Å². The van der Waals surface area contributed by atoms with E-state index >= 15 is 0 Å². The smallest absolute Gasteiger partial charge is 0.759 e. The van der Waals surface area contributed by atoms with Crippen LogP contribution in [0.25, 0.3) is 0 Å². The van der Waals surface area contributed by atoms with Gasteiger partial charge in [0.2, 0.25) is 0 Å². The molecule has 0 spiro atoms. The fourth-order valence-corrected chi connectivity index (χ4v) is 0. The molecule has 5 nitrogen and oxygen atoms in total. The molecular weight excluding hydrogens is 126 g/mol. The van der Waals surface area contributed by atoms with Gasteiger partial charge in [0.15, 0.2) is 0 Å². The van der Waals surface area contributed by atoms with Gasteiger partial charge >= 0.3 is 37.7 Å². The molecule has 0 aliphatic carbocycles. The van der Waals surface area contributed by atoms with Gasteiger partial charge in [-0.3, -0.25) is 8.42 Å². The Hall–Kier alpha value is 1.02. The zero-order valence-corrected chi connectivity index (χ0v) is 5.36. The Labute approximate surface area is 71.1 Å². The molecule has 0 aromatic rings. The Morgan fingerprint density at radius 2 is 1.00 bits per heavy atom. The average molecular weight is 128 g/mol. The summed E-state index contributed by atoms with van der Waals surface area (Å²) in [6.07, 6.45) is 0. The minimum absolute atomic E-state index is 0. The summed E-state index contributed by atoms with van der Waals surface area (Å²) in [7, 11) is -5.17. The maximum atomic E-state index is 8.52. The van der Waals surface area contributed by atoms with Crippen LogP contribution in [0.15, 0.2) is 0 Å². The summed E-state index contributed by atoms with van der Waals surface area (Å²) in [6.45, 7) is 0. The Balaban J connectivity index is -0.0000000267. The zero-order chi connectivity index (χ0) is 4.50. The summed E-state index contributed by atoms with van der Waals surface area (Å²) >= 11 is 0. The van der Waals surface area contributed by atoms with E-state index in [1.54, 1.807) is 0 Å². The van der Waals surface area contributed by atoms with Crippen molar-refractivity contribution in [2.75, 3.05) is 0 Å². The van der Waals surface area contributed by atoms with E-state index in [9.17, 15) is 0 Å². The molecule has 0 saturated heterocycles. The topological polar surface area (TPSA) is 112 Å². The van der Waals surface area contributed by atoms with Crippen LogP contribution in [0.2, 0.25) is 0 Å². The van der Waals surface area contributed by atoms with Crippen LogP contribution < -0.4 is 37.7 Å². The van der Waals surface area contributed by atoms with Gasteiger partial charge in [-0.05, 0) is 0 Å². The van der Waals surface area contributed by atoms with Gasteiger partial charge in [0.05, 0.1) is 0 Å². The fourth-order valence-electron chi connectivity index (χ4n) is 0. The summed E-state index contributed by atoms with van der Waals surface area (Å²) < 4.78 is 34.1. The molecule has 0 rings (SSSR count). The molecule has 0 saturated carbocycles. The van der Waals surface area contributed by atoms with Gasteiger partial charge in [-0.15, -0.1) is 0 Å². The second-order valence-corrected chi connectivity index (χ2v) is 1.22. The molecule has 0 unspecified atom stereocenters. The van der Waals surface area contributed by atoms with Gasteiger partial charge < -0.3 is 14.6 Å². The van der Waals surface area contributed by atoms with Gasteiger partial charge in [0.25, 0.3) is 0 Å². The van der Waals surface area contributed by atoms with E-state index in [4.69, 9.17) is 17.5 Å². The SMILES string of the molecule is O.O=S(=O)([O-])[O-].[Li+].[Li+]. The molecule has 0 atom stereocenters. The molecule has 0 heterocycles. The predicted molar refractivity (Wildman–Crippen MR) is 14.1 cm³/mol. The van der Waals surface area contributed by atoms with Gasteiger partial charge in [-0.25, -0.2) is 0 Å². The van der Waals surface area contributed by atoms with Gasteiger partial charge in [-0.1, -0.05) is 0 Å². The quantitative estimate of drug-likeness (QED) is 0.183. The van der Waals surface area contributed by atoms with Crippen LogP contribution in [0.3, 0.4) is 0 Å². The second kappa shape index (κ2) is 8.02. The van der Waals surface area contributed by atoms with Crippen molar-refractivity contribution in [1.29, 1.82) is 0 Å².